The molecule has 0 fully saturated rings. The third-order valence-corrected chi connectivity index (χ3v) is 13.4. The van der Waals surface area contributed by atoms with Gasteiger partial charge in [0, 0.05) is 19.3 Å². The number of hydrogen-bond donors (Lipinski definition) is 0. The minimum atomic E-state index is -0.781. The normalized spacial score (nSPS) is 12.6. The number of hydrogen-bond acceptors (Lipinski definition) is 6. The third-order valence-electron chi connectivity index (χ3n) is 13.4. The van der Waals surface area contributed by atoms with Crippen LogP contribution in [-0.4, -0.2) is 37.2 Å². The van der Waals surface area contributed by atoms with Crippen LogP contribution >= 0.6 is 0 Å². The van der Waals surface area contributed by atoms with Crippen LogP contribution in [0.25, 0.3) is 0 Å². The molecule has 0 saturated carbocycles. The zero-order valence-corrected chi connectivity index (χ0v) is 48.1. The van der Waals surface area contributed by atoms with Crippen molar-refractivity contribution in [3.8, 4) is 0 Å². The third kappa shape index (κ3) is 59.3. The summed E-state index contributed by atoms with van der Waals surface area (Å²) in [5.41, 5.74) is 0. The van der Waals surface area contributed by atoms with Gasteiger partial charge in [-0.2, -0.15) is 0 Å². The van der Waals surface area contributed by atoms with Crippen LogP contribution in [0.3, 0.4) is 0 Å². The lowest BCUT2D eigenvalue weighted by atomic mass is 10.1. The number of carbonyl (C=O) groups excluding carboxylic acids is 3. The van der Waals surface area contributed by atoms with Gasteiger partial charge in [0.25, 0.3) is 0 Å². The minimum Gasteiger partial charge on any atom is -0.462 e. The van der Waals surface area contributed by atoms with E-state index in [9.17, 15) is 14.4 Å². The van der Waals surface area contributed by atoms with Crippen LogP contribution in [0.2, 0.25) is 0 Å². The summed E-state index contributed by atoms with van der Waals surface area (Å²) in [6.45, 7) is 6.51. The fraction of sp³-hybridized carbons (Fsp3) is 0.746. The Morgan fingerprint density at radius 2 is 0.534 bits per heavy atom. The molecular formula is C67H116O6. The second-order valence-electron chi connectivity index (χ2n) is 20.6. The molecule has 0 aromatic heterocycles. The first-order valence-electron chi connectivity index (χ1n) is 31.1. The summed E-state index contributed by atoms with van der Waals surface area (Å²) in [7, 11) is 0. The number of carbonyl (C=O) groups is 3. The summed E-state index contributed by atoms with van der Waals surface area (Å²) >= 11 is 0. The number of unbranched alkanes of at least 4 members (excludes halogenated alkanes) is 31. The lowest BCUT2D eigenvalue weighted by Crippen LogP contribution is -2.30. The van der Waals surface area contributed by atoms with Gasteiger partial charge in [-0.1, -0.05) is 273 Å². The highest BCUT2D eigenvalue weighted by Crippen LogP contribution is 2.16. The number of rotatable bonds is 56. The Morgan fingerprint density at radius 1 is 0.288 bits per heavy atom. The van der Waals surface area contributed by atoms with Crippen LogP contribution in [0.15, 0.2) is 85.1 Å². The first-order chi connectivity index (χ1) is 36.0. The summed E-state index contributed by atoms with van der Waals surface area (Å²) < 4.78 is 16.9. The van der Waals surface area contributed by atoms with Gasteiger partial charge in [-0.15, -0.1) is 0 Å². The second-order valence-corrected chi connectivity index (χ2v) is 20.6. The van der Waals surface area contributed by atoms with Crippen LogP contribution < -0.4 is 0 Å². The van der Waals surface area contributed by atoms with Crippen LogP contribution in [0, 0.1) is 0 Å². The predicted molar refractivity (Wildman–Crippen MR) is 316 cm³/mol. The summed E-state index contributed by atoms with van der Waals surface area (Å²) in [5.74, 6) is -0.885. The van der Waals surface area contributed by atoms with Gasteiger partial charge in [-0.25, -0.2) is 0 Å². The lowest BCUT2D eigenvalue weighted by molar-refractivity contribution is -0.167. The van der Waals surface area contributed by atoms with Gasteiger partial charge in [-0.3, -0.25) is 14.4 Å². The largest absolute Gasteiger partial charge is 0.462 e. The molecule has 6 nitrogen and oxygen atoms in total. The van der Waals surface area contributed by atoms with Crippen molar-refractivity contribution >= 4 is 17.9 Å². The maximum Gasteiger partial charge on any atom is 0.306 e. The summed E-state index contributed by atoms with van der Waals surface area (Å²) in [4.78, 5) is 38.2. The van der Waals surface area contributed by atoms with Crippen LogP contribution in [-0.2, 0) is 28.6 Å². The molecule has 0 saturated heterocycles. The Labute approximate surface area is 452 Å². The van der Waals surface area contributed by atoms with Gasteiger partial charge in [0.1, 0.15) is 13.2 Å². The van der Waals surface area contributed by atoms with E-state index in [0.29, 0.717) is 19.3 Å². The molecule has 0 heterocycles. The van der Waals surface area contributed by atoms with Crippen LogP contribution in [0.1, 0.15) is 303 Å². The van der Waals surface area contributed by atoms with Crippen molar-refractivity contribution in [3.05, 3.63) is 85.1 Å². The molecule has 0 aromatic rings. The highest BCUT2D eigenvalue weighted by molar-refractivity contribution is 5.71. The quantitative estimate of drug-likeness (QED) is 0.0261. The Balaban J connectivity index is 4.25. The first-order valence-corrected chi connectivity index (χ1v) is 31.1. The van der Waals surface area contributed by atoms with E-state index in [-0.39, 0.29) is 31.1 Å². The molecule has 0 aromatic carbocycles. The number of esters is 3. The Hall–Kier alpha value is -3.41. The Bertz CT molecular complexity index is 1400. The van der Waals surface area contributed by atoms with Crippen molar-refractivity contribution in [1.82, 2.24) is 0 Å². The average Bonchev–Trinajstić information content (AvgIpc) is 3.39. The van der Waals surface area contributed by atoms with Gasteiger partial charge in [0.05, 0.1) is 0 Å². The van der Waals surface area contributed by atoms with E-state index < -0.39 is 6.10 Å². The highest BCUT2D eigenvalue weighted by atomic mass is 16.6. The minimum absolute atomic E-state index is 0.0791. The van der Waals surface area contributed by atoms with Gasteiger partial charge in [0.15, 0.2) is 6.10 Å². The fourth-order valence-electron chi connectivity index (χ4n) is 8.74. The van der Waals surface area contributed by atoms with Crippen LogP contribution in [0.4, 0.5) is 0 Å². The molecule has 0 spiro atoms. The maximum atomic E-state index is 12.9. The van der Waals surface area contributed by atoms with Crippen molar-refractivity contribution in [1.29, 1.82) is 0 Å². The summed E-state index contributed by atoms with van der Waals surface area (Å²) in [5, 5.41) is 0. The van der Waals surface area contributed by atoms with E-state index in [0.717, 1.165) is 103 Å². The molecule has 0 radical (unpaired) electrons. The Kier molecular flexibility index (Phi) is 58.3. The predicted octanol–water partition coefficient (Wildman–Crippen LogP) is 21.1. The highest BCUT2D eigenvalue weighted by Gasteiger charge is 2.19. The molecule has 420 valence electrons. The molecule has 0 N–H and O–H groups in total. The SMILES string of the molecule is CC/C=C\C/C=C\C/C=C\C/C=C\CCCCCCCCCCC(=O)OC(COC(=O)CCCCCCCCCCC)COC(=O)CCCCCCCCCCCC/C=C\C/C=C\C/C=C\CCCCCCC. The monoisotopic (exact) mass is 1020 g/mol. The standard InChI is InChI=1S/C67H116O6/c1-4-7-10-13-16-19-21-23-25-27-29-31-32-33-34-36-37-39-41-43-45-48-51-54-57-60-66(69)72-63-64(62-71-65(68)59-56-53-50-47-18-15-12-9-6-3)73-67(70)61-58-55-52-49-46-44-42-40-38-35-30-28-26-24-22-20-17-14-11-8-5-2/h8,11,17,20-21,23-24,26-27,29-30,32-33,35,64H,4-7,9-10,12-16,18-19,22,25,28,31,34,36-63H2,1-3H3/b11-8-,20-17-,23-21-,26-24-,29-27-,33-32-,35-30-. The fourth-order valence-corrected chi connectivity index (χ4v) is 8.74. The van der Waals surface area contributed by atoms with Crippen molar-refractivity contribution < 1.29 is 28.6 Å². The lowest BCUT2D eigenvalue weighted by Gasteiger charge is -2.18. The van der Waals surface area contributed by atoms with E-state index in [4.69, 9.17) is 14.2 Å². The molecule has 6 heteroatoms. The second kappa shape index (κ2) is 61.1. The topological polar surface area (TPSA) is 78.9 Å². The van der Waals surface area contributed by atoms with Gasteiger partial charge < -0.3 is 14.2 Å². The molecule has 0 aliphatic heterocycles. The number of ether oxygens (including phenoxy) is 3. The maximum absolute atomic E-state index is 12.9. The molecule has 0 rings (SSSR count). The molecular weight excluding hydrogens is 901 g/mol. The van der Waals surface area contributed by atoms with E-state index in [2.05, 4.69) is 106 Å². The van der Waals surface area contributed by atoms with Crippen molar-refractivity contribution in [3.63, 3.8) is 0 Å². The summed E-state index contributed by atoms with van der Waals surface area (Å²) in [6.07, 6.45) is 80.2. The van der Waals surface area contributed by atoms with E-state index >= 15 is 0 Å². The zero-order chi connectivity index (χ0) is 52.9. The summed E-state index contributed by atoms with van der Waals surface area (Å²) in [6, 6.07) is 0. The molecule has 0 aliphatic carbocycles. The molecule has 0 bridgehead atoms. The van der Waals surface area contributed by atoms with Gasteiger partial charge in [0.2, 0.25) is 0 Å². The first kappa shape index (κ1) is 69.6. The molecule has 0 aliphatic rings. The molecule has 1 unspecified atom stereocenters. The van der Waals surface area contributed by atoms with Crippen molar-refractivity contribution in [2.24, 2.45) is 0 Å². The molecule has 73 heavy (non-hydrogen) atoms. The van der Waals surface area contributed by atoms with Gasteiger partial charge >= 0.3 is 17.9 Å². The van der Waals surface area contributed by atoms with Gasteiger partial charge in [-0.05, 0) is 96.3 Å². The molecule has 0 amide bonds. The smallest absolute Gasteiger partial charge is 0.306 e. The Morgan fingerprint density at radius 3 is 0.836 bits per heavy atom. The zero-order valence-electron chi connectivity index (χ0n) is 48.1. The molecule has 1 atom stereocenters. The average molecular weight is 1020 g/mol. The van der Waals surface area contributed by atoms with Crippen LogP contribution in [0.5, 0.6) is 0 Å². The van der Waals surface area contributed by atoms with Crippen molar-refractivity contribution in [2.75, 3.05) is 13.2 Å². The number of allylic oxidation sites excluding steroid dienone is 14. The van der Waals surface area contributed by atoms with E-state index in [1.165, 1.54) is 161 Å². The van der Waals surface area contributed by atoms with E-state index in [1.54, 1.807) is 0 Å². The van der Waals surface area contributed by atoms with Crippen molar-refractivity contribution in [2.45, 2.75) is 309 Å². The van der Waals surface area contributed by atoms with E-state index in [1.807, 2.05) is 0 Å².